The van der Waals surface area contributed by atoms with Crippen molar-refractivity contribution in [3.05, 3.63) is 72.9 Å². The molecule has 0 aromatic carbocycles. The second kappa shape index (κ2) is 21.1. The van der Waals surface area contributed by atoms with Crippen LogP contribution in [-0.4, -0.2) is 54.0 Å². The summed E-state index contributed by atoms with van der Waals surface area (Å²) in [6, 6.07) is -0.795. The van der Waals surface area contributed by atoms with Crippen molar-refractivity contribution in [1.82, 2.24) is 5.32 Å². The lowest BCUT2D eigenvalue weighted by Crippen LogP contribution is -2.43. The second-order valence-electron chi connectivity index (χ2n) is 7.25. The molecule has 0 aliphatic rings. The molecule has 0 aromatic rings. The predicted octanol–water partition coefficient (Wildman–Crippen LogP) is 3.59. The molecule has 0 fully saturated rings. The number of aliphatic carboxylic acids is 1. The monoisotopic (exact) mass is 460 g/mol. The maximum absolute atomic E-state index is 11.6. The average Bonchev–Trinajstić information content (AvgIpc) is 2.80. The zero-order valence-electron chi connectivity index (χ0n) is 19.8. The molecule has 7 nitrogen and oxygen atoms in total. The van der Waals surface area contributed by atoms with Gasteiger partial charge in [-0.05, 0) is 32.1 Å². The normalized spacial score (nSPS) is 15.5. The van der Waals surface area contributed by atoms with Crippen molar-refractivity contribution in [1.29, 1.82) is 0 Å². The van der Waals surface area contributed by atoms with E-state index in [-0.39, 0.29) is 18.9 Å². The van der Waals surface area contributed by atoms with E-state index < -0.39 is 24.2 Å². The minimum atomic E-state index is -0.795. The Morgan fingerprint density at radius 1 is 0.970 bits per heavy atom. The number of amides is 1. The highest BCUT2D eigenvalue weighted by Gasteiger charge is 2.19. The second-order valence-corrected chi connectivity index (χ2v) is 7.25. The summed E-state index contributed by atoms with van der Waals surface area (Å²) in [4.78, 5) is 22.0. The average molecular weight is 461 g/mol. The Kier molecular flexibility index (Phi) is 19.4. The molecule has 0 spiro atoms. The Hall–Kier alpha value is -2.74. The van der Waals surface area contributed by atoms with Gasteiger partial charge in [0, 0.05) is 13.5 Å². The Bertz CT molecular complexity index is 707. The molecule has 0 saturated carbocycles. The summed E-state index contributed by atoms with van der Waals surface area (Å²) >= 11 is 0. The van der Waals surface area contributed by atoms with E-state index in [1.807, 2.05) is 67.7 Å². The van der Waals surface area contributed by atoms with Gasteiger partial charge in [0.1, 0.15) is 12.1 Å². The number of hydrogen-bond acceptors (Lipinski definition) is 5. The first-order chi connectivity index (χ1) is 15.9. The third kappa shape index (κ3) is 18.5. The first-order valence-corrected chi connectivity index (χ1v) is 11.4. The van der Waals surface area contributed by atoms with Gasteiger partial charge in [-0.1, -0.05) is 79.8 Å². The number of hydrogen-bond donors (Lipinski definition) is 4. The fourth-order valence-electron chi connectivity index (χ4n) is 2.54. The molecule has 1 amide bonds. The molecule has 3 atom stereocenters. The molecule has 0 aliphatic carbocycles. The van der Waals surface area contributed by atoms with Crippen LogP contribution in [-0.2, 0) is 14.3 Å². The molecule has 7 heteroatoms. The minimum absolute atomic E-state index is 0.00787. The zero-order valence-corrected chi connectivity index (χ0v) is 19.8. The van der Waals surface area contributed by atoms with Crippen LogP contribution in [0.4, 0.5) is 0 Å². The third-order valence-corrected chi connectivity index (χ3v) is 4.38. The fraction of sp³-hybridized carbons (Fsp3) is 0.462. The van der Waals surface area contributed by atoms with Crippen molar-refractivity contribution in [3.63, 3.8) is 0 Å². The minimum Gasteiger partial charge on any atom is -0.481 e. The lowest BCUT2D eigenvalue weighted by Gasteiger charge is -2.21. The highest BCUT2D eigenvalue weighted by atomic mass is 16.5. The van der Waals surface area contributed by atoms with Gasteiger partial charge < -0.3 is 26.0 Å². The Morgan fingerprint density at radius 2 is 1.64 bits per heavy atom. The van der Waals surface area contributed by atoms with Crippen LogP contribution in [0.5, 0.6) is 0 Å². The van der Waals surface area contributed by atoms with Crippen molar-refractivity contribution in [3.8, 4) is 0 Å². The number of aliphatic hydroxyl groups is 1. The summed E-state index contributed by atoms with van der Waals surface area (Å²) in [7, 11) is 1.51. The van der Waals surface area contributed by atoms with E-state index >= 15 is 0 Å². The van der Waals surface area contributed by atoms with E-state index in [1.54, 1.807) is 12.2 Å². The molecular formula is C26H40N2O5. The lowest BCUT2D eigenvalue weighted by molar-refractivity contribution is -0.136. The molecular weight excluding hydrogens is 420 g/mol. The van der Waals surface area contributed by atoms with E-state index in [4.69, 9.17) is 15.6 Å². The zero-order chi connectivity index (χ0) is 24.7. The van der Waals surface area contributed by atoms with Crippen molar-refractivity contribution in [2.24, 2.45) is 5.73 Å². The van der Waals surface area contributed by atoms with Gasteiger partial charge in [0.05, 0.1) is 12.7 Å². The third-order valence-electron chi connectivity index (χ3n) is 4.38. The number of rotatable bonds is 18. The van der Waals surface area contributed by atoms with Crippen LogP contribution in [0.15, 0.2) is 72.9 Å². The maximum Gasteiger partial charge on any atom is 0.303 e. The van der Waals surface area contributed by atoms with Crippen LogP contribution < -0.4 is 11.1 Å². The van der Waals surface area contributed by atoms with E-state index in [0.717, 1.165) is 19.3 Å². The molecule has 0 aromatic heterocycles. The van der Waals surface area contributed by atoms with Crippen LogP contribution in [0.2, 0.25) is 0 Å². The van der Waals surface area contributed by atoms with Crippen molar-refractivity contribution in [2.45, 2.75) is 63.7 Å². The van der Waals surface area contributed by atoms with Crippen LogP contribution >= 0.6 is 0 Å². The number of aliphatic hydroxyl groups excluding tert-OH is 1. The number of carboxylic acids is 1. The quantitative estimate of drug-likeness (QED) is 0.183. The topological polar surface area (TPSA) is 122 Å². The first-order valence-electron chi connectivity index (χ1n) is 11.4. The van der Waals surface area contributed by atoms with Gasteiger partial charge in [-0.15, -0.1) is 0 Å². The summed E-state index contributed by atoms with van der Waals surface area (Å²) in [5, 5.41) is 21.4. The molecule has 0 radical (unpaired) electrons. The Balaban J connectivity index is 4.50. The van der Waals surface area contributed by atoms with Gasteiger partial charge in [0.2, 0.25) is 5.91 Å². The van der Waals surface area contributed by atoms with Crippen molar-refractivity contribution >= 4 is 11.9 Å². The number of allylic oxidation sites excluding steroid dienone is 10. The Morgan fingerprint density at radius 3 is 2.30 bits per heavy atom. The van der Waals surface area contributed by atoms with Gasteiger partial charge in [0.25, 0.3) is 0 Å². The highest BCUT2D eigenvalue weighted by molar-refractivity contribution is 5.81. The van der Waals surface area contributed by atoms with Gasteiger partial charge in [0.15, 0.2) is 0 Å². The lowest BCUT2D eigenvalue weighted by atomic mass is 10.1. The molecule has 0 aliphatic heterocycles. The number of nitrogens with one attached hydrogen (secondary N) is 1. The molecule has 5 N–H and O–H groups in total. The van der Waals surface area contributed by atoms with E-state index in [0.29, 0.717) is 12.8 Å². The summed E-state index contributed by atoms with van der Waals surface area (Å²) in [6.07, 6.45) is 25.3. The standard InChI is InChI=1S/C26H40N2O5/c1-3-4-15-18-23(29)24(33-21-22(27)26(32)28-2)19-16-13-11-9-7-5-6-8-10-12-14-17-20-25(30)31/h4,6-9,11-16,19,22-24,29H,3,5,10,17-18,20-21,27H2,1-2H3,(H,28,32)(H,30,31)/b8-6-,9-7-,13-11+,14-12-,15-4-,19-16+. The van der Waals surface area contributed by atoms with Crippen LogP contribution in [0.3, 0.4) is 0 Å². The molecule has 33 heavy (non-hydrogen) atoms. The van der Waals surface area contributed by atoms with Crippen LogP contribution in [0, 0.1) is 0 Å². The number of nitrogens with two attached hydrogens (primary N) is 1. The fourth-order valence-corrected chi connectivity index (χ4v) is 2.54. The number of ether oxygens (including phenoxy) is 1. The summed E-state index contributed by atoms with van der Waals surface area (Å²) < 4.78 is 5.69. The molecule has 184 valence electrons. The summed E-state index contributed by atoms with van der Waals surface area (Å²) in [5.41, 5.74) is 5.77. The van der Waals surface area contributed by atoms with Gasteiger partial charge in [-0.2, -0.15) is 0 Å². The largest absolute Gasteiger partial charge is 0.481 e. The molecule has 0 heterocycles. The Labute approximate surface area is 198 Å². The number of likely N-dealkylation sites (N-methyl/N-ethyl adjacent to an activating group) is 1. The van der Waals surface area contributed by atoms with Gasteiger partial charge in [-0.3, -0.25) is 9.59 Å². The number of carbonyl (C=O) groups excluding carboxylic acids is 1. The van der Waals surface area contributed by atoms with Crippen molar-refractivity contribution in [2.75, 3.05) is 13.7 Å². The summed E-state index contributed by atoms with van der Waals surface area (Å²) in [6.45, 7) is 2.03. The van der Waals surface area contributed by atoms with Crippen LogP contribution in [0.25, 0.3) is 0 Å². The highest BCUT2D eigenvalue weighted by Crippen LogP contribution is 2.08. The van der Waals surface area contributed by atoms with Gasteiger partial charge in [-0.25, -0.2) is 0 Å². The maximum atomic E-state index is 11.6. The van der Waals surface area contributed by atoms with Crippen LogP contribution in [0.1, 0.15) is 45.4 Å². The van der Waals surface area contributed by atoms with E-state index in [9.17, 15) is 14.7 Å². The summed E-state index contributed by atoms with van der Waals surface area (Å²) in [5.74, 6) is -1.09. The SMILES string of the molecule is CC/C=C\CC(O)C(/C=C/C=C/C=C\C/C=C\C/C=C\CCC(=O)O)OCC(N)C(=O)NC. The molecule has 0 saturated heterocycles. The molecule has 3 unspecified atom stereocenters. The predicted molar refractivity (Wildman–Crippen MR) is 134 cm³/mol. The van der Waals surface area contributed by atoms with Crippen molar-refractivity contribution < 1.29 is 24.5 Å². The molecule has 0 rings (SSSR count). The smallest absolute Gasteiger partial charge is 0.303 e. The number of carboxylic acid groups (broad SMARTS) is 1. The van der Waals surface area contributed by atoms with Gasteiger partial charge >= 0.3 is 5.97 Å². The van der Waals surface area contributed by atoms with E-state index in [1.165, 1.54) is 7.05 Å². The van der Waals surface area contributed by atoms with E-state index in [2.05, 4.69) is 5.32 Å². The molecule has 0 bridgehead atoms. The first kappa shape index (κ1) is 30.3. The number of carbonyl (C=O) groups is 2.